The third-order valence-electron chi connectivity index (χ3n) is 1.89. The van der Waals surface area contributed by atoms with Crippen molar-refractivity contribution < 1.29 is 4.57 Å². The first-order valence-electron chi connectivity index (χ1n) is 4.44. The zero-order valence-corrected chi connectivity index (χ0v) is 14.9. The van der Waals surface area contributed by atoms with Gasteiger partial charge in [0.25, 0.3) is 0 Å². The summed E-state index contributed by atoms with van der Waals surface area (Å²) in [5.74, 6) is 0. The molecule has 98 valence electrons. The number of fused-ring (bicyclic) bond motifs is 1. The van der Waals surface area contributed by atoms with E-state index in [1.807, 2.05) is 12.1 Å². The van der Waals surface area contributed by atoms with E-state index in [2.05, 4.69) is 73.2 Å². The SMILES string of the molecule is Cc1ccc2c(Cl)ncnc2c1I.O=P(Cl)(Cl)Cl. The average molecular weight is 458 g/mol. The molecule has 0 N–H and O–H groups in total. The molecule has 1 aromatic heterocycles. The van der Waals surface area contributed by atoms with Gasteiger partial charge in [-0.3, -0.25) is 4.57 Å². The van der Waals surface area contributed by atoms with E-state index in [0.717, 1.165) is 14.5 Å². The third-order valence-corrected chi connectivity index (χ3v) is 3.55. The minimum atomic E-state index is -3.22. The summed E-state index contributed by atoms with van der Waals surface area (Å²) in [6.45, 7) is 2.05. The fourth-order valence-corrected chi connectivity index (χ4v) is 1.97. The Labute approximate surface area is 137 Å². The summed E-state index contributed by atoms with van der Waals surface area (Å²) in [7, 11) is 0. The van der Waals surface area contributed by atoms with Gasteiger partial charge in [0.2, 0.25) is 0 Å². The van der Waals surface area contributed by atoms with Crippen molar-refractivity contribution in [2.45, 2.75) is 6.92 Å². The molecule has 0 fully saturated rings. The van der Waals surface area contributed by atoms with Crippen LogP contribution in [0, 0.1) is 10.5 Å². The van der Waals surface area contributed by atoms with Crippen molar-refractivity contribution in [2.75, 3.05) is 0 Å². The normalized spacial score (nSPS) is 11.0. The number of halogens is 5. The van der Waals surface area contributed by atoms with Gasteiger partial charge in [-0.05, 0) is 74.9 Å². The Bertz CT molecular complexity index is 611. The standard InChI is InChI=1S/C9H6ClIN2.Cl3OP/c1-5-2-3-6-8(7(5)11)12-4-13-9(6)10;1-5(2,3)4/h2-4H,1H3;. The summed E-state index contributed by atoms with van der Waals surface area (Å²) in [5, 5.41) is -1.79. The number of hydrogen-bond acceptors (Lipinski definition) is 3. The molecule has 0 saturated heterocycles. The lowest BCUT2D eigenvalue weighted by atomic mass is 10.2. The third kappa shape index (κ3) is 5.35. The highest BCUT2D eigenvalue weighted by molar-refractivity contribution is 14.1. The molecule has 2 aromatic rings. The molecule has 1 aromatic carbocycles. The zero-order chi connectivity index (χ0) is 13.9. The van der Waals surface area contributed by atoms with Gasteiger partial charge >= 0.3 is 5.20 Å². The smallest absolute Gasteiger partial charge is 0.271 e. The van der Waals surface area contributed by atoms with Crippen molar-refractivity contribution in [1.82, 2.24) is 9.97 Å². The Morgan fingerprint density at radius 1 is 1.22 bits per heavy atom. The van der Waals surface area contributed by atoms with Crippen LogP contribution < -0.4 is 0 Å². The Morgan fingerprint density at radius 3 is 2.33 bits per heavy atom. The second-order valence-corrected chi connectivity index (χ2v) is 11.2. The fourth-order valence-electron chi connectivity index (χ4n) is 1.16. The highest BCUT2D eigenvalue weighted by Crippen LogP contribution is 2.61. The second-order valence-electron chi connectivity index (χ2n) is 3.16. The van der Waals surface area contributed by atoms with E-state index in [9.17, 15) is 4.57 Å². The van der Waals surface area contributed by atoms with Crippen LogP contribution in [0.25, 0.3) is 10.9 Å². The van der Waals surface area contributed by atoms with E-state index in [-0.39, 0.29) is 0 Å². The minimum Gasteiger partial charge on any atom is -0.271 e. The van der Waals surface area contributed by atoms with Crippen molar-refractivity contribution in [2.24, 2.45) is 0 Å². The predicted octanol–water partition coefficient (Wildman–Crippen LogP) is 6.01. The van der Waals surface area contributed by atoms with Crippen molar-refractivity contribution >= 4 is 84.0 Å². The first-order valence-corrected chi connectivity index (χ1v) is 10.3. The molecule has 0 aliphatic carbocycles. The van der Waals surface area contributed by atoms with Gasteiger partial charge in [-0.15, -0.1) is 0 Å². The molecular weight excluding hydrogens is 452 g/mol. The van der Waals surface area contributed by atoms with Gasteiger partial charge in [0.1, 0.15) is 11.5 Å². The van der Waals surface area contributed by atoms with E-state index in [4.69, 9.17) is 11.6 Å². The maximum Gasteiger partial charge on any atom is 0.339 e. The van der Waals surface area contributed by atoms with Crippen molar-refractivity contribution in [1.29, 1.82) is 0 Å². The van der Waals surface area contributed by atoms with Gasteiger partial charge in [-0.2, -0.15) is 0 Å². The molecule has 0 amide bonds. The lowest BCUT2D eigenvalue weighted by Gasteiger charge is -2.03. The lowest BCUT2D eigenvalue weighted by Crippen LogP contribution is -1.89. The van der Waals surface area contributed by atoms with E-state index in [1.54, 1.807) is 0 Å². The molecule has 0 bridgehead atoms. The van der Waals surface area contributed by atoms with Crippen LogP contribution >= 0.6 is 73.1 Å². The van der Waals surface area contributed by atoms with Crippen LogP contribution in [0.4, 0.5) is 0 Å². The quantitative estimate of drug-likeness (QED) is 0.276. The van der Waals surface area contributed by atoms with Gasteiger partial charge < -0.3 is 0 Å². The molecule has 9 heteroatoms. The van der Waals surface area contributed by atoms with Crippen LogP contribution in [-0.4, -0.2) is 9.97 Å². The monoisotopic (exact) mass is 456 g/mol. The summed E-state index contributed by atoms with van der Waals surface area (Å²) < 4.78 is 10.6. The summed E-state index contributed by atoms with van der Waals surface area (Å²) in [5.41, 5.74) is 2.14. The van der Waals surface area contributed by atoms with Crippen molar-refractivity contribution in [3.05, 3.63) is 32.7 Å². The zero-order valence-electron chi connectivity index (χ0n) is 8.87. The average Bonchev–Trinajstić information content (AvgIpc) is 2.22. The van der Waals surface area contributed by atoms with Gasteiger partial charge in [0, 0.05) is 8.96 Å². The molecule has 0 spiro atoms. The van der Waals surface area contributed by atoms with Gasteiger partial charge in [0.15, 0.2) is 0 Å². The Balaban J connectivity index is 0.000000280. The van der Waals surface area contributed by atoms with Gasteiger partial charge in [0.05, 0.1) is 5.52 Å². The number of hydrogen-bond donors (Lipinski definition) is 0. The predicted molar refractivity (Wildman–Crippen MR) is 87.2 cm³/mol. The maximum atomic E-state index is 9.51. The van der Waals surface area contributed by atoms with Crippen molar-refractivity contribution in [3.8, 4) is 0 Å². The highest BCUT2D eigenvalue weighted by Gasteiger charge is 2.05. The second kappa shape index (κ2) is 6.91. The maximum absolute atomic E-state index is 9.51. The molecule has 0 radical (unpaired) electrons. The number of aromatic nitrogens is 2. The first kappa shape index (κ1) is 16.7. The topological polar surface area (TPSA) is 42.9 Å². The fraction of sp³-hybridized carbons (Fsp3) is 0.111. The van der Waals surface area contributed by atoms with Crippen LogP contribution in [0.2, 0.25) is 5.15 Å². The van der Waals surface area contributed by atoms with Crippen LogP contribution in [-0.2, 0) is 4.57 Å². The number of benzene rings is 1. The molecule has 1 heterocycles. The molecule has 3 nitrogen and oxygen atoms in total. The molecule has 2 rings (SSSR count). The van der Waals surface area contributed by atoms with Crippen LogP contribution in [0.15, 0.2) is 18.5 Å². The molecule has 0 aliphatic rings. The summed E-state index contributed by atoms with van der Waals surface area (Å²) in [4.78, 5) is 8.13. The Hall–Kier alpha value is 0.680. The van der Waals surface area contributed by atoms with Crippen molar-refractivity contribution in [3.63, 3.8) is 0 Å². The van der Waals surface area contributed by atoms with E-state index >= 15 is 0 Å². The Kier molecular flexibility index (Phi) is 6.42. The summed E-state index contributed by atoms with van der Waals surface area (Å²) in [6.07, 6.45) is 1.49. The molecular formula is C9H6Cl4IN2OP. The molecule has 18 heavy (non-hydrogen) atoms. The molecule has 0 unspecified atom stereocenters. The number of nitrogens with zero attached hydrogens (tertiary/aromatic N) is 2. The Morgan fingerprint density at radius 2 is 1.78 bits per heavy atom. The number of aryl methyl sites for hydroxylation is 1. The van der Waals surface area contributed by atoms with E-state index < -0.39 is 5.20 Å². The molecule has 0 saturated carbocycles. The van der Waals surface area contributed by atoms with Crippen LogP contribution in [0.3, 0.4) is 0 Å². The van der Waals surface area contributed by atoms with Crippen LogP contribution in [0.5, 0.6) is 0 Å². The largest absolute Gasteiger partial charge is 0.339 e. The minimum absolute atomic E-state index is 0.517. The highest BCUT2D eigenvalue weighted by atomic mass is 127. The molecule has 0 aliphatic heterocycles. The molecule has 0 atom stereocenters. The summed E-state index contributed by atoms with van der Waals surface area (Å²) >= 11 is 22.0. The number of rotatable bonds is 0. The van der Waals surface area contributed by atoms with Gasteiger partial charge in [-0.25, -0.2) is 9.97 Å². The summed E-state index contributed by atoms with van der Waals surface area (Å²) in [6, 6.07) is 3.98. The van der Waals surface area contributed by atoms with Gasteiger partial charge in [-0.1, -0.05) is 17.7 Å². The van der Waals surface area contributed by atoms with E-state index in [0.29, 0.717) is 5.15 Å². The van der Waals surface area contributed by atoms with Crippen LogP contribution in [0.1, 0.15) is 5.56 Å². The first-order chi connectivity index (χ1) is 8.20. The van der Waals surface area contributed by atoms with E-state index in [1.165, 1.54) is 11.9 Å². The lowest BCUT2D eigenvalue weighted by molar-refractivity contribution is 0.600.